The molecule has 1 unspecified atom stereocenters. The Morgan fingerprint density at radius 3 is 3.16 bits per heavy atom. The van der Waals surface area contributed by atoms with Gasteiger partial charge in [0.25, 0.3) is 0 Å². The van der Waals surface area contributed by atoms with Crippen LogP contribution in [0, 0.1) is 6.92 Å². The van der Waals surface area contributed by atoms with Crippen molar-refractivity contribution in [2.75, 3.05) is 38.3 Å². The molecule has 1 saturated heterocycles. The highest BCUT2D eigenvalue weighted by Gasteiger charge is 2.26. The lowest BCUT2D eigenvalue weighted by Gasteiger charge is -2.27. The number of halogens is 1. The first-order valence-electron chi connectivity index (χ1n) is 6.81. The first kappa shape index (κ1) is 14.8. The summed E-state index contributed by atoms with van der Waals surface area (Å²) in [5.74, 6) is 1.12. The second-order valence-electron chi connectivity index (χ2n) is 4.98. The molecule has 1 aliphatic heterocycles. The van der Waals surface area contributed by atoms with Crippen molar-refractivity contribution in [3.8, 4) is 0 Å². The topological polar surface area (TPSA) is 37.4 Å². The molecule has 106 valence electrons. The molecule has 0 spiro atoms. The van der Waals surface area contributed by atoms with Gasteiger partial charge in [0.2, 0.25) is 0 Å². The fraction of sp³-hybridized carbons (Fsp3) is 0.643. The van der Waals surface area contributed by atoms with Gasteiger partial charge in [0.05, 0.1) is 6.61 Å². The van der Waals surface area contributed by atoms with Crippen LogP contribution in [0.5, 0.6) is 0 Å². The van der Waals surface area contributed by atoms with Crippen LogP contribution in [-0.2, 0) is 4.74 Å². The molecule has 4 nitrogen and oxygen atoms in total. The maximum absolute atomic E-state index is 5.06. The van der Waals surface area contributed by atoms with Crippen molar-refractivity contribution in [2.24, 2.45) is 0 Å². The van der Waals surface area contributed by atoms with Gasteiger partial charge >= 0.3 is 0 Å². The van der Waals surface area contributed by atoms with Crippen LogP contribution in [0.25, 0.3) is 0 Å². The molecule has 0 saturated carbocycles. The second kappa shape index (κ2) is 7.22. The third-order valence-electron chi connectivity index (χ3n) is 3.53. The molecule has 0 bridgehead atoms. The molecule has 0 amide bonds. The molecule has 0 aliphatic carbocycles. The van der Waals surface area contributed by atoms with Gasteiger partial charge in [-0.2, -0.15) is 0 Å². The summed E-state index contributed by atoms with van der Waals surface area (Å²) in [5.41, 5.74) is 1.23. The van der Waals surface area contributed by atoms with E-state index < -0.39 is 0 Å². The third-order valence-corrected chi connectivity index (χ3v) is 3.96. The number of hydrogen-bond acceptors (Lipinski definition) is 4. The maximum Gasteiger partial charge on any atom is 0.131 e. The highest BCUT2D eigenvalue weighted by molar-refractivity contribution is 9.10. The van der Waals surface area contributed by atoms with E-state index in [9.17, 15) is 0 Å². The van der Waals surface area contributed by atoms with E-state index in [-0.39, 0.29) is 0 Å². The zero-order valence-electron chi connectivity index (χ0n) is 11.7. The van der Waals surface area contributed by atoms with Gasteiger partial charge in [-0.1, -0.05) is 0 Å². The van der Waals surface area contributed by atoms with Crippen LogP contribution in [0.2, 0.25) is 0 Å². The van der Waals surface area contributed by atoms with E-state index in [2.05, 4.69) is 44.1 Å². The van der Waals surface area contributed by atoms with Crippen molar-refractivity contribution in [1.29, 1.82) is 0 Å². The van der Waals surface area contributed by atoms with E-state index >= 15 is 0 Å². The molecule has 1 aromatic rings. The average Bonchev–Trinajstić information content (AvgIpc) is 2.83. The standard InChI is InChI=1S/C14H22BrN3O/c1-11-8-12(15)9-17-14(11)18-6-3-4-13(18)10-16-5-7-19-2/h8-9,13,16H,3-7,10H2,1-2H3. The number of methoxy groups -OCH3 is 1. The number of nitrogens with one attached hydrogen (secondary N) is 1. The zero-order valence-corrected chi connectivity index (χ0v) is 13.2. The predicted octanol–water partition coefficient (Wildman–Crippen LogP) is 2.36. The molecule has 19 heavy (non-hydrogen) atoms. The molecule has 1 atom stereocenters. The minimum atomic E-state index is 0.546. The highest BCUT2D eigenvalue weighted by Crippen LogP contribution is 2.27. The molecule has 1 N–H and O–H groups in total. The van der Waals surface area contributed by atoms with Crippen LogP contribution < -0.4 is 10.2 Å². The molecule has 2 heterocycles. The monoisotopic (exact) mass is 327 g/mol. The SMILES string of the molecule is COCCNCC1CCCN1c1ncc(Br)cc1C. The summed E-state index contributed by atoms with van der Waals surface area (Å²) in [6.45, 7) is 5.91. The number of anilines is 1. The number of pyridine rings is 1. The Morgan fingerprint density at radius 2 is 2.42 bits per heavy atom. The Hall–Kier alpha value is -0.650. The molecule has 1 aromatic heterocycles. The van der Waals surface area contributed by atoms with Gasteiger partial charge in [0, 0.05) is 43.5 Å². The molecule has 1 aliphatic rings. The van der Waals surface area contributed by atoms with Crippen molar-refractivity contribution in [2.45, 2.75) is 25.8 Å². The van der Waals surface area contributed by atoms with E-state index in [1.807, 2.05) is 6.20 Å². The van der Waals surface area contributed by atoms with Crippen LogP contribution in [0.15, 0.2) is 16.7 Å². The molecule has 0 aromatic carbocycles. The lowest BCUT2D eigenvalue weighted by Crippen LogP contribution is -2.39. The molecule has 2 rings (SSSR count). The smallest absolute Gasteiger partial charge is 0.131 e. The highest BCUT2D eigenvalue weighted by atomic mass is 79.9. The first-order valence-corrected chi connectivity index (χ1v) is 7.60. The van der Waals surface area contributed by atoms with Gasteiger partial charge in [-0.05, 0) is 47.3 Å². The van der Waals surface area contributed by atoms with Crippen LogP contribution in [0.4, 0.5) is 5.82 Å². The van der Waals surface area contributed by atoms with Gasteiger partial charge in [-0.3, -0.25) is 0 Å². The van der Waals surface area contributed by atoms with Crippen LogP contribution in [0.1, 0.15) is 18.4 Å². The molecule has 5 heteroatoms. The Morgan fingerprint density at radius 1 is 1.58 bits per heavy atom. The fourth-order valence-corrected chi connectivity index (χ4v) is 3.05. The fourth-order valence-electron chi connectivity index (χ4n) is 2.60. The van der Waals surface area contributed by atoms with Crippen molar-refractivity contribution < 1.29 is 4.74 Å². The Balaban J connectivity index is 1.97. The van der Waals surface area contributed by atoms with Crippen LogP contribution in [0.3, 0.4) is 0 Å². The van der Waals surface area contributed by atoms with Gasteiger partial charge < -0.3 is 15.0 Å². The maximum atomic E-state index is 5.06. The van der Waals surface area contributed by atoms with Crippen molar-refractivity contribution in [1.82, 2.24) is 10.3 Å². The summed E-state index contributed by atoms with van der Waals surface area (Å²) >= 11 is 3.47. The Bertz CT molecular complexity index is 414. The predicted molar refractivity (Wildman–Crippen MR) is 81.8 cm³/mol. The summed E-state index contributed by atoms with van der Waals surface area (Å²) in [4.78, 5) is 7.01. The van der Waals surface area contributed by atoms with Gasteiger partial charge in [0.1, 0.15) is 5.82 Å². The number of nitrogens with zero attached hydrogens (tertiary/aromatic N) is 2. The summed E-state index contributed by atoms with van der Waals surface area (Å²) in [6.07, 6.45) is 4.36. The van der Waals surface area contributed by atoms with E-state index in [0.29, 0.717) is 6.04 Å². The number of rotatable bonds is 6. The molecular weight excluding hydrogens is 306 g/mol. The summed E-state index contributed by atoms with van der Waals surface area (Å²) in [5, 5.41) is 3.46. The normalized spacial score (nSPS) is 19.1. The van der Waals surface area contributed by atoms with Crippen LogP contribution >= 0.6 is 15.9 Å². The van der Waals surface area contributed by atoms with Crippen molar-refractivity contribution >= 4 is 21.7 Å². The Labute approximate surface area is 123 Å². The average molecular weight is 328 g/mol. The molecule has 1 fully saturated rings. The summed E-state index contributed by atoms with van der Waals surface area (Å²) in [6, 6.07) is 2.68. The summed E-state index contributed by atoms with van der Waals surface area (Å²) in [7, 11) is 1.73. The van der Waals surface area contributed by atoms with Gasteiger partial charge in [-0.25, -0.2) is 4.98 Å². The number of aryl methyl sites for hydroxylation is 1. The lowest BCUT2D eigenvalue weighted by atomic mass is 10.2. The van der Waals surface area contributed by atoms with Gasteiger partial charge in [-0.15, -0.1) is 0 Å². The van der Waals surface area contributed by atoms with E-state index in [1.165, 1.54) is 18.4 Å². The van der Waals surface area contributed by atoms with E-state index in [0.717, 1.165) is 36.5 Å². The quantitative estimate of drug-likeness (QED) is 0.814. The lowest BCUT2D eigenvalue weighted by molar-refractivity contribution is 0.199. The number of ether oxygens (including phenoxy) is 1. The number of aromatic nitrogens is 1. The second-order valence-corrected chi connectivity index (χ2v) is 5.90. The summed E-state index contributed by atoms with van der Waals surface area (Å²) < 4.78 is 6.10. The molecule has 0 radical (unpaired) electrons. The van der Waals surface area contributed by atoms with Crippen molar-refractivity contribution in [3.05, 3.63) is 22.3 Å². The minimum Gasteiger partial charge on any atom is -0.383 e. The van der Waals surface area contributed by atoms with Crippen molar-refractivity contribution in [3.63, 3.8) is 0 Å². The van der Waals surface area contributed by atoms with E-state index in [1.54, 1.807) is 7.11 Å². The van der Waals surface area contributed by atoms with Gasteiger partial charge in [0.15, 0.2) is 0 Å². The molecular formula is C14H22BrN3O. The van der Waals surface area contributed by atoms with E-state index in [4.69, 9.17) is 4.74 Å². The Kier molecular flexibility index (Phi) is 5.60. The largest absolute Gasteiger partial charge is 0.383 e. The minimum absolute atomic E-state index is 0.546. The van der Waals surface area contributed by atoms with Crippen LogP contribution in [-0.4, -0.2) is 44.4 Å². The zero-order chi connectivity index (χ0) is 13.7. The third kappa shape index (κ3) is 3.91. The first-order chi connectivity index (χ1) is 9.22. The number of hydrogen-bond donors (Lipinski definition) is 1.